The number of fused-ring (bicyclic) bond motifs is 1. The predicted octanol–water partition coefficient (Wildman–Crippen LogP) is 3.95. The molecule has 0 aromatic heterocycles. The summed E-state index contributed by atoms with van der Waals surface area (Å²) in [6.07, 6.45) is 8.50. The highest BCUT2D eigenvalue weighted by molar-refractivity contribution is 5.97. The molecule has 0 aliphatic heterocycles. The lowest BCUT2D eigenvalue weighted by Crippen LogP contribution is -2.23. The molecule has 2 aliphatic carbocycles. The Kier molecular flexibility index (Phi) is 4.21. The van der Waals surface area contributed by atoms with Crippen molar-refractivity contribution in [1.29, 1.82) is 0 Å². The van der Waals surface area contributed by atoms with Gasteiger partial charge in [-0.3, -0.25) is 4.79 Å². The van der Waals surface area contributed by atoms with Crippen LogP contribution in [0.5, 0.6) is 0 Å². The maximum atomic E-state index is 12.2. The molecule has 1 fully saturated rings. The summed E-state index contributed by atoms with van der Waals surface area (Å²) in [4.78, 5) is 12.2. The first kappa shape index (κ1) is 13.8. The van der Waals surface area contributed by atoms with E-state index in [4.69, 9.17) is 4.74 Å². The van der Waals surface area contributed by atoms with Crippen LogP contribution in [-0.4, -0.2) is 18.5 Å². The summed E-state index contributed by atoms with van der Waals surface area (Å²) in [7, 11) is 0. The van der Waals surface area contributed by atoms with Crippen LogP contribution in [0.25, 0.3) is 0 Å². The summed E-state index contributed by atoms with van der Waals surface area (Å²) in [5, 5.41) is 0. The molecule has 20 heavy (non-hydrogen) atoms. The molecule has 1 aromatic rings. The van der Waals surface area contributed by atoms with Gasteiger partial charge in [-0.15, -0.1) is 0 Å². The molecule has 1 aromatic carbocycles. The van der Waals surface area contributed by atoms with Gasteiger partial charge in [-0.25, -0.2) is 0 Å². The van der Waals surface area contributed by atoms with Gasteiger partial charge in [-0.1, -0.05) is 19.1 Å². The Morgan fingerprint density at radius 3 is 2.70 bits per heavy atom. The van der Waals surface area contributed by atoms with Crippen molar-refractivity contribution >= 4 is 5.78 Å². The SMILES string of the molecule is CC1CCC(OCC(=O)c2ccc3c(c2)CCC3)CC1. The minimum atomic E-state index is 0.137. The number of carbonyl (C=O) groups is 1. The Labute approximate surface area is 121 Å². The minimum absolute atomic E-state index is 0.137. The van der Waals surface area contributed by atoms with Crippen LogP contribution in [0.3, 0.4) is 0 Å². The highest BCUT2D eigenvalue weighted by Gasteiger charge is 2.20. The molecule has 3 rings (SSSR count). The Bertz CT molecular complexity index is 484. The molecule has 0 N–H and O–H groups in total. The third-order valence-electron chi connectivity index (χ3n) is 4.83. The quantitative estimate of drug-likeness (QED) is 0.776. The first-order chi connectivity index (χ1) is 9.72. The Morgan fingerprint density at radius 2 is 1.90 bits per heavy atom. The Hall–Kier alpha value is -1.15. The number of Topliss-reactive ketones (excluding diaryl/α,β-unsaturated/α-hetero) is 1. The molecular formula is C18H24O2. The summed E-state index contributed by atoms with van der Waals surface area (Å²) >= 11 is 0. The molecular weight excluding hydrogens is 248 g/mol. The van der Waals surface area contributed by atoms with Gasteiger partial charge in [0.1, 0.15) is 6.61 Å². The number of aryl methyl sites for hydroxylation is 2. The van der Waals surface area contributed by atoms with Crippen molar-refractivity contribution in [2.75, 3.05) is 6.61 Å². The fourth-order valence-electron chi connectivity index (χ4n) is 3.42. The number of benzene rings is 1. The number of carbonyl (C=O) groups excluding carboxylic acids is 1. The molecule has 1 saturated carbocycles. The third-order valence-corrected chi connectivity index (χ3v) is 4.83. The highest BCUT2D eigenvalue weighted by atomic mass is 16.5. The van der Waals surface area contributed by atoms with E-state index >= 15 is 0 Å². The van der Waals surface area contributed by atoms with Crippen LogP contribution in [0.1, 0.15) is 60.5 Å². The van der Waals surface area contributed by atoms with Crippen LogP contribution < -0.4 is 0 Å². The number of rotatable bonds is 4. The van der Waals surface area contributed by atoms with Crippen molar-refractivity contribution < 1.29 is 9.53 Å². The van der Waals surface area contributed by atoms with Crippen LogP contribution in [0.4, 0.5) is 0 Å². The van der Waals surface area contributed by atoms with Crippen molar-refractivity contribution in [2.24, 2.45) is 5.92 Å². The second-order valence-corrected chi connectivity index (χ2v) is 6.45. The van der Waals surface area contributed by atoms with Crippen molar-refractivity contribution in [3.63, 3.8) is 0 Å². The first-order valence-electron chi connectivity index (χ1n) is 7.99. The largest absolute Gasteiger partial charge is 0.370 e. The summed E-state index contributed by atoms with van der Waals surface area (Å²) in [5.41, 5.74) is 3.61. The molecule has 0 amide bonds. The molecule has 0 atom stereocenters. The molecule has 0 spiro atoms. The van der Waals surface area contributed by atoms with E-state index in [1.165, 1.54) is 36.8 Å². The van der Waals surface area contributed by atoms with E-state index in [1.54, 1.807) is 0 Å². The lowest BCUT2D eigenvalue weighted by molar-refractivity contribution is 0.0217. The van der Waals surface area contributed by atoms with E-state index in [9.17, 15) is 4.79 Å². The Morgan fingerprint density at radius 1 is 1.15 bits per heavy atom. The molecule has 2 aliphatic rings. The lowest BCUT2D eigenvalue weighted by Gasteiger charge is -2.26. The second kappa shape index (κ2) is 6.09. The monoisotopic (exact) mass is 272 g/mol. The summed E-state index contributed by atoms with van der Waals surface area (Å²) in [6.45, 7) is 2.55. The topological polar surface area (TPSA) is 26.3 Å². The van der Waals surface area contributed by atoms with Crippen LogP contribution in [0, 0.1) is 5.92 Å². The fourth-order valence-corrected chi connectivity index (χ4v) is 3.42. The number of ether oxygens (including phenoxy) is 1. The average Bonchev–Trinajstić information content (AvgIpc) is 2.93. The van der Waals surface area contributed by atoms with Gasteiger partial charge >= 0.3 is 0 Å². The fraction of sp³-hybridized carbons (Fsp3) is 0.611. The zero-order valence-electron chi connectivity index (χ0n) is 12.4. The van der Waals surface area contributed by atoms with Gasteiger partial charge in [0.25, 0.3) is 0 Å². The van der Waals surface area contributed by atoms with E-state index in [1.807, 2.05) is 6.07 Å². The molecule has 0 heterocycles. The molecule has 2 nitrogen and oxygen atoms in total. The molecule has 0 bridgehead atoms. The summed E-state index contributed by atoms with van der Waals surface area (Å²) in [5.74, 6) is 0.959. The maximum absolute atomic E-state index is 12.2. The van der Waals surface area contributed by atoms with Crippen molar-refractivity contribution in [3.05, 3.63) is 34.9 Å². The van der Waals surface area contributed by atoms with Gasteiger partial charge in [0.15, 0.2) is 5.78 Å². The van der Waals surface area contributed by atoms with Crippen LogP contribution in [0.2, 0.25) is 0 Å². The van der Waals surface area contributed by atoms with Gasteiger partial charge in [0.2, 0.25) is 0 Å². The maximum Gasteiger partial charge on any atom is 0.188 e. The van der Waals surface area contributed by atoms with Gasteiger partial charge in [-0.05, 0) is 68.1 Å². The number of ketones is 1. The van der Waals surface area contributed by atoms with Crippen LogP contribution in [-0.2, 0) is 17.6 Å². The zero-order valence-corrected chi connectivity index (χ0v) is 12.4. The van der Waals surface area contributed by atoms with E-state index in [-0.39, 0.29) is 12.4 Å². The minimum Gasteiger partial charge on any atom is -0.370 e. The summed E-state index contributed by atoms with van der Waals surface area (Å²) in [6, 6.07) is 6.17. The van der Waals surface area contributed by atoms with E-state index in [0.29, 0.717) is 6.10 Å². The Balaban J connectivity index is 1.54. The second-order valence-electron chi connectivity index (χ2n) is 6.45. The van der Waals surface area contributed by atoms with E-state index < -0.39 is 0 Å². The van der Waals surface area contributed by atoms with Gasteiger partial charge in [0, 0.05) is 5.56 Å². The standard InChI is InChI=1S/C18H24O2/c1-13-5-9-17(10-6-13)20-12-18(19)16-8-7-14-3-2-4-15(14)11-16/h7-8,11,13,17H,2-6,9-10,12H2,1H3. The smallest absolute Gasteiger partial charge is 0.188 e. The third kappa shape index (κ3) is 3.12. The van der Waals surface area contributed by atoms with Crippen LogP contribution >= 0.6 is 0 Å². The van der Waals surface area contributed by atoms with Crippen molar-refractivity contribution in [3.8, 4) is 0 Å². The average molecular weight is 272 g/mol. The molecule has 0 radical (unpaired) electrons. The van der Waals surface area contributed by atoms with Gasteiger partial charge < -0.3 is 4.74 Å². The van der Waals surface area contributed by atoms with Crippen LogP contribution in [0.15, 0.2) is 18.2 Å². The van der Waals surface area contributed by atoms with E-state index in [2.05, 4.69) is 19.1 Å². The first-order valence-corrected chi connectivity index (χ1v) is 7.99. The molecule has 0 saturated heterocycles. The van der Waals surface area contributed by atoms with Crippen molar-refractivity contribution in [1.82, 2.24) is 0 Å². The molecule has 0 unspecified atom stereocenters. The zero-order chi connectivity index (χ0) is 13.9. The van der Waals surface area contributed by atoms with E-state index in [0.717, 1.165) is 30.7 Å². The van der Waals surface area contributed by atoms with Crippen molar-refractivity contribution in [2.45, 2.75) is 58.0 Å². The van der Waals surface area contributed by atoms with Gasteiger partial charge in [0.05, 0.1) is 6.10 Å². The normalized spacial score (nSPS) is 25.4. The number of hydrogen-bond donors (Lipinski definition) is 0. The highest BCUT2D eigenvalue weighted by Crippen LogP contribution is 2.26. The summed E-state index contributed by atoms with van der Waals surface area (Å²) < 4.78 is 5.82. The molecule has 2 heteroatoms. The van der Waals surface area contributed by atoms with Gasteiger partial charge in [-0.2, -0.15) is 0 Å². The molecule has 108 valence electrons. The lowest BCUT2D eigenvalue weighted by atomic mass is 9.89. The predicted molar refractivity (Wildman–Crippen MR) is 80.2 cm³/mol. The number of hydrogen-bond acceptors (Lipinski definition) is 2.